The van der Waals surface area contributed by atoms with Gasteiger partial charge in [0.05, 0.1) is 6.42 Å². The molecule has 0 bridgehead atoms. The summed E-state index contributed by atoms with van der Waals surface area (Å²) >= 11 is 0. The van der Waals surface area contributed by atoms with Crippen LogP contribution in [0.25, 0.3) is 0 Å². The summed E-state index contributed by atoms with van der Waals surface area (Å²) in [5.74, 6) is -0.493. The van der Waals surface area contributed by atoms with Gasteiger partial charge in [-0.15, -0.1) is 24.8 Å². The van der Waals surface area contributed by atoms with E-state index in [1.54, 1.807) is 11.8 Å². The highest BCUT2D eigenvalue weighted by molar-refractivity contribution is 5.85. The molecule has 0 spiro atoms. The molecule has 0 aromatic heterocycles. The van der Waals surface area contributed by atoms with Crippen LogP contribution < -0.4 is 5.32 Å². The molecule has 1 aromatic carbocycles. The smallest absolute Gasteiger partial charge is 0.314 e. The van der Waals surface area contributed by atoms with E-state index in [1.165, 1.54) is 18.2 Å². The lowest BCUT2D eigenvalue weighted by molar-refractivity contribution is -0.148. The second-order valence-electron chi connectivity index (χ2n) is 5.12. The van der Waals surface area contributed by atoms with Gasteiger partial charge in [-0.3, -0.25) is 4.90 Å². The fourth-order valence-corrected chi connectivity index (χ4v) is 2.62. The van der Waals surface area contributed by atoms with Gasteiger partial charge in [0.25, 0.3) is 0 Å². The molecule has 8 heteroatoms. The molecule has 0 amide bonds. The molecule has 0 unspecified atom stereocenters. The predicted octanol–water partition coefficient (Wildman–Crippen LogP) is 3.88. The van der Waals surface area contributed by atoms with E-state index in [4.69, 9.17) is 0 Å². The maximum Gasteiger partial charge on any atom is 0.390 e. The molecule has 128 valence electrons. The van der Waals surface area contributed by atoms with Gasteiger partial charge in [-0.2, -0.15) is 13.2 Å². The molecule has 1 atom stereocenters. The maximum absolute atomic E-state index is 13.4. The fraction of sp³-hybridized carbons (Fsp3) is 0.571. The van der Waals surface area contributed by atoms with Gasteiger partial charge in [0.1, 0.15) is 5.82 Å². The van der Waals surface area contributed by atoms with E-state index >= 15 is 0 Å². The van der Waals surface area contributed by atoms with E-state index in [0.717, 1.165) is 0 Å². The van der Waals surface area contributed by atoms with Gasteiger partial charge in [0.15, 0.2) is 0 Å². The third-order valence-corrected chi connectivity index (χ3v) is 3.62. The van der Waals surface area contributed by atoms with Crippen LogP contribution in [0.4, 0.5) is 17.6 Å². The molecule has 0 radical (unpaired) electrons. The molecule has 1 aromatic rings. The van der Waals surface area contributed by atoms with E-state index in [-0.39, 0.29) is 24.8 Å². The Morgan fingerprint density at radius 3 is 2.32 bits per heavy atom. The van der Waals surface area contributed by atoms with E-state index in [2.05, 4.69) is 5.32 Å². The molecule has 2 nitrogen and oxygen atoms in total. The molecule has 0 saturated carbocycles. The van der Waals surface area contributed by atoms with Gasteiger partial charge in [-0.05, 0) is 30.2 Å². The summed E-state index contributed by atoms with van der Waals surface area (Å²) in [5, 5.41) is 3.11. The zero-order valence-corrected chi connectivity index (χ0v) is 13.8. The van der Waals surface area contributed by atoms with Crippen molar-refractivity contribution in [1.82, 2.24) is 10.2 Å². The minimum Gasteiger partial charge on any atom is -0.314 e. The number of rotatable bonds is 3. The molecule has 22 heavy (non-hydrogen) atoms. The standard InChI is InChI=1S/C14H18F4N2.2ClH/c1-10-2-3-11(15)8-12(10)13(9-14(16,17)18)20-6-4-19-5-7-20;;/h2-3,8,13,19H,4-7,9H2,1H3;2*1H/t13-;;/m1../s1. The third kappa shape index (κ3) is 5.91. The molecular weight excluding hydrogens is 343 g/mol. The fourth-order valence-electron chi connectivity index (χ4n) is 2.62. The van der Waals surface area contributed by atoms with Gasteiger partial charge in [0, 0.05) is 32.2 Å². The number of benzene rings is 1. The second-order valence-corrected chi connectivity index (χ2v) is 5.12. The van der Waals surface area contributed by atoms with E-state index in [1.807, 2.05) is 0 Å². The van der Waals surface area contributed by atoms with Crippen molar-refractivity contribution >= 4 is 24.8 Å². The van der Waals surface area contributed by atoms with Crippen LogP contribution in [0.2, 0.25) is 0 Å². The number of piperazine rings is 1. The number of hydrogen-bond donors (Lipinski definition) is 1. The summed E-state index contributed by atoms with van der Waals surface area (Å²) in [4.78, 5) is 1.78. The Labute approximate surface area is 140 Å². The average Bonchev–Trinajstić information content (AvgIpc) is 2.39. The summed E-state index contributed by atoms with van der Waals surface area (Å²) < 4.78 is 51.9. The van der Waals surface area contributed by atoms with Crippen molar-refractivity contribution in [3.63, 3.8) is 0 Å². The van der Waals surface area contributed by atoms with Crippen molar-refractivity contribution in [3.05, 3.63) is 35.1 Å². The van der Waals surface area contributed by atoms with Gasteiger partial charge in [-0.25, -0.2) is 4.39 Å². The maximum atomic E-state index is 13.4. The van der Waals surface area contributed by atoms with Crippen LogP contribution in [-0.4, -0.2) is 37.3 Å². The Morgan fingerprint density at radius 1 is 1.18 bits per heavy atom. The number of aryl methyl sites for hydroxylation is 1. The number of hydrogen-bond acceptors (Lipinski definition) is 2. The molecular formula is C14H20Cl2F4N2. The first kappa shape index (κ1) is 21.4. The lowest BCUT2D eigenvalue weighted by Crippen LogP contribution is -2.46. The second kappa shape index (κ2) is 8.91. The van der Waals surface area contributed by atoms with Gasteiger partial charge in [0.2, 0.25) is 0 Å². The van der Waals surface area contributed by atoms with Crippen LogP contribution in [0.15, 0.2) is 18.2 Å². The summed E-state index contributed by atoms with van der Waals surface area (Å²) in [7, 11) is 0. The molecule has 1 saturated heterocycles. The van der Waals surface area contributed by atoms with E-state index < -0.39 is 24.5 Å². The van der Waals surface area contributed by atoms with Crippen molar-refractivity contribution in [2.45, 2.75) is 25.6 Å². The lowest BCUT2D eigenvalue weighted by Gasteiger charge is -2.36. The minimum absolute atomic E-state index is 0. The van der Waals surface area contributed by atoms with Crippen molar-refractivity contribution in [2.75, 3.05) is 26.2 Å². The SMILES string of the molecule is Cc1ccc(F)cc1[C@@H](CC(F)(F)F)N1CCNCC1.Cl.Cl. The Morgan fingerprint density at radius 2 is 1.77 bits per heavy atom. The van der Waals surface area contributed by atoms with Gasteiger partial charge in [-0.1, -0.05) is 6.07 Å². The number of alkyl halides is 3. The first-order valence-electron chi connectivity index (χ1n) is 6.64. The highest BCUT2D eigenvalue weighted by atomic mass is 35.5. The van der Waals surface area contributed by atoms with E-state index in [9.17, 15) is 17.6 Å². The van der Waals surface area contributed by atoms with Crippen LogP contribution in [0.5, 0.6) is 0 Å². The van der Waals surface area contributed by atoms with Crippen LogP contribution in [0, 0.1) is 12.7 Å². The lowest BCUT2D eigenvalue weighted by atomic mass is 9.96. The molecule has 2 rings (SSSR count). The third-order valence-electron chi connectivity index (χ3n) is 3.62. The largest absolute Gasteiger partial charge is 0.390 e. The molecule has 1 aliphatic rings. The van der Waals surface area contributed by atoms with Gasteiger partial charge >= 0.3 is 6.18 Å². The molecule has 1 N–H and O–H groups in total. The predicted molar refractivity (Wildman–Crippen MR) is 83.5 cm³/mol. The van der Waals surface area contributed by atoms with E-state index in [0.29, 0.717) is 37.3 Å². The van der Waals surface area contributed by atoms with Crippen molar-refractivity contribution < 1.29 is 17.6 Å². The Bertz CT molecular complexity index is 463. The Hall–Kier alpha value is -0.560. The summed E-state index contributed by atoms with van der Waals surface area (Å²) in [6, 6.07) is 3.23. The number of nitrogens with zero attached hydrogens (tertiary/aromatic N) is 1. The monoisotopic (exact) mass is 362 g/mol. The van der Waals surface area contributed by atoms with Crippen LogP contribution in [-0.2, 0) is 0 Å². The van der Waals surface area contributed by atoms with Crippen LogP contribution in [0.1, 0.15) is 23.6 Å². The topological polar surface area (TPSA) is 15.3 Å². The summed E-state index contributed by atoms with van der Waals surface area (Å²) in [5.41, 5.74) is 1.13. The van der Waals surface area contributed by atoms with Crippen molar-refractivity contribution in [1.29, 1.82) is 0 Å². The highest BCUT2D eigenvalue weighted by Gasteiger charge is 2.36. The zero-order valence-electron chi connectivity index (χ0n) is 12.1. The molecule has 0 aliphatic carbocycles. The molecule has 1 aliphatic heterocycles. The normalized spacial score (nSPS) is 17.3. The minimum atomic E-state index is -4.27. The van der Waals surface area contributed by atoms with Crippen molar-refractivity contribution in [3.8, 4) is 0 Å². The van der Waals surface area contributed by atoms with Crippen LogP contribution >= 0.6 is 24.8 Å². The first-order valence-corrected chi connectivity index (χ1v) is 6.64. The summed E-state index contributed by atoms with van der Waals surface area (Å²) in [6.45, 7) is 4.11. The quantitative estimate of drug-likeness (QED) is 0.821. The average molecular weight is 363 g/mol. The summed E-state index contributed by atoms with van der Waals surface area (Å²) in [6.07, 6.45) is -5.22. The Kier molecular flexibility index (Phi) is 8.69. The van der Waals surface area contributed by atoms with Gasteiger partial charge < -0.3 is 5.32 Å². The molecule has 1 heterocycles. The van der Waals surface area contributed by atoms with Crippen LogP contribution in [0.3, 0.4) is 0 Å². The first-order chi connectivity index (χ1) is 9.37. The molecule has 1 fully saturated rings. The van der Waals surface area contributed by atoms with Crippen molar-refractivity contribution in [2.24, 2.45) is 0 Å². The highest BCUT2D eigenvalue weighted by Crippen LogP contribution is 2.35. The number of nitrogens with one attached hydrogen (secondary N) is 1. The Balaban J connectivity index is 0.00000220. The zero-order chi connectivity index (χ0) is 14.8. The number of halogens is 6.